The molecule has 1 aromatic heterocycles. The molecule has 2 aromatic rings. The Labute approximate surface area is 141 Å². The van der Waals surface area contributed by atoms with Crippen molar-refractivity contribution in [3.05, 3.63) is 40.9 Å². The molecular formula is C16H17F3N2O2S. The highest BCUT2D eigenvalue weighted by atomic mass is 32.1. The van der Waals surface area contributed by atoms with Crippen molar-refractivity contribution in [1.82, 2.24) is 4.98 Å². The Hall–Kier alpha value is -2.09. The van der Waals surface area contributed by atoms with Gasteiger partial charge in [0.1, 0.15) is 11.1 Å². The van der Waals surface area contributed by atoms with Crippen molar-refractivity contribution in [3.63, 3.8) is 0 Å². The van der Waals surface area contributed by atoms with Gasteiger partial charge in [0.25, 0.3) is 0 Å². The number of thiazole rings is 1. The minimum Gasteiger partial charge on any atom is -0.441 e. The van der Waals surface area contributed by atoms with Crippen molar-refractivity contribution in [1.29, 1.82) is 0 Å². The third kappa shape index (κ3) is 4.25. The molecular weight excluding hydrogens is 341 g/mol. The van der Waals surface area contributed by atoms with Crippen LogP contribution in [0.4, 0.5) is 18.0 Å². The first kappa shape index (κ1) is 18.3. The molecule has 4 nitrogen and oxygen atoms in total. The number of benzene rings is 1. The third-order valence-corrected chi connectivity index (χ3v) is 4.17. The number of carbonyl (C=O) groups excluding carboxylic acids is 1. The van der Waals surface area contributed by atoms with E-state index in [1.807, 2.05) is 20.8 Å². The zero-order valence-electron chi connectivity index (χ0n) is 13.3. The monoisotopic (exact) mass is 358 g/mol. The highest BCUT2D eigenvalue weighted by Crippen LogP contribution is 2.38. The number of ether oxygens (including phenoxy) is 1. The SMILES string of the molecule is CC(C)(C)C(OC(N)=O)c1ccc(-c2nc(C(F)(F)F)cs2)cc1. The average Bonchev–Trinajstić information content (AvgIpc) is 2.93. The second kappa shape index (κ2) is 6.43. The zero-order valence-corrected chi connectivity index (χ0v) is 14.2. The summed E-state index contributed by atoms with van der Waals surface area (Å²) in [4.78, 5) is 14.7. The van der Waals surface area contributed by atoms with Gasteiger partial charge in [0, 0.05) is 16.4 Å². The molecule has 0 radical (unpaired) electrons. The van der Waals surface area contributed by atoms with Crippen LogP contribution in [-0.4, -0.2) is 11.1 Å². The van der Waals surface area contributed by atoms with Gasteiger partial charge < -0.3 is 10.5 Å². The van der Waals surface area contributed by atoms with Gasteiger partial charge in [-0.2, -0.15) is 13.2 Å². The van der Waals surface area contributed by atoms with E-state index >= 15 is 0 Å². The standard InChI is InChI=1S/C16H17F3N2O2S/c1-15(2,3)12(23-14(20)22)9-4-6-10(7-5-9)13-21-11(8-24-13)16(17,18)19/h4-8,12H,1-3H3,(H2,20,22). The molecule has 0 saturated carbocycles. The molecule has 1 heterocycles. The van der Waals surface area contributed by atoms with E-state index in [0.717, 1.165) is 16.7 Å². The molecule has 0 spiro atoms. The molecule has 130 valence electrons. The lowest BCUT2D eigenvalue weighted by Crippen LogP contribution is -2.26. The Morgan fingerprint density at radius 2 is 1.79 bits per heavy atom. The van der Waals surface area contributed by atoms with Crippen molar-refractivity contribution < 1.29 is 22.7 Å². The number of primary amides is 1. The van der Waals surface area contributed by atoms with Crippen LogP contribution >= 0.6 is 11.3 Å². The number of alkyl halides is 3. The molecule has 0 bridgehead atoms. The van der Waals surface area contributed by atoms with Crippen LogP contribution in [0.3, 0.4) is 0 Å². The molecule has 1 amide bonds. The van der Waals surface area contributed by atoms with Crippen LogP contribution in [0.5, 0.6) is 0 Å². The lowest BCUT2D eigenvalue weighted by molar-refractivity contribution is -0.140. The predicted molar refractivity (Wildman–Crippen MR) is 85.4 cm³/mol. The van der Waals surface area contributed by atoms with Crippen LogP contribution in [0.25, 0.3) is 10.6 Å². The topological polar surface area (TPSA) is 65.2 Å². The van der Waals surface area contributed by atoms with Crippen LogP contribution in [0.1, 0.15) is 38.1 Å². The van der Waals surface area contributed by atoms with Gasteiger partial charge in [-0.3, -0.25) is 0 Å². The molecule has 0 aliphatic carbocycles. The lowest BCUT2D eigenvalue weighted by atomic mass is 9.84. The first-order chi connectivity index (χ1) is 11.0. The average molecular weight is 358 g/mol. The minimum atomic E-state index is -4.46. The zero-order chi connectivity index (χ0) is 18.1. The first-order valence-corrected chi connectivity index (χ1v) is 7.95. The summed E-state index contributed by atoms with van der Waals surface area (Å²) in [5.41, 5.74) is 5.09. The normalized spacial score (nSPS) is 13.6. The fourth-order valence-corrected chi connectivity index (χ4v) is 3.03. The minimum absolute atomic E-state index is 0.275. The molecule has 24 heavy (non-hydrogen) atoms. The summed E-state index contributed by atoms with van der Waals surface area (Å²) in [6.07, 6.45) is -5.90. The molecule has 1 atom stereocenters. The number of nitrogens with zero attached hydrogens (tertiary/aromatic N) is 1. The number of nitrogens with two attached hydrogens (primary N) is 1. The molecule has 1 aromatic carbocycles. The highest BCUT2D eigenvalue weighted by molar-refractivity contribution is 7.13. The largest absolute Gasteiger partial charge is 0.441 e. The number of halogens is 3. The van der Waals surface area contributed by atoms with Gasteiger partial charge in [-0.05, 0) is 5.56 Å². The van der Waals surface area contributed by atoms with E-state index in [9.17, 15) is 18.0 Å². The van der Waals surface area contributed by atoms with Gasteiger partial charge in [0.15, 0.2) is 5.69 Å². The maximum atomic E-state index is 12.6. The molecule has 2 N–H and O–H groups in total. The van der Waals surface area contributed by atoms with E-state index in [1.54, 1.807) is 24.3 Å². The number of carbonyl (C=O) groups is 1. The van der Waals surface area contributed by atoms with Gasteiger partial charge >= 0.3 is 12.3 Å². The summed E-state index contributed by atoms with van der Waals surface area (Å²) in [7, 11) is 0. The van der Waals surface area contributed by atoms with Crippen LogP contribution in [0, 0.1) is 5.41 Å². The third-order valence-electron chi connectivity index (χ3n) is 3.28. The summed E-state index contributed by atoms with van der Waals surface area (Å²) in [5, 5.41) is 1.26. The predicted octanol–water partition coefficient (Wildman–Crippen LogP) is 5.01. The fraction of sp³-hybridized carbons (Fsp3) is 0.375. The van der Waals surface area contributed by atoms with Crippen LogP contribution < -0.4 is 5.73 Å². The van der Waals surface area contributed by atoms with E-state index < -0.39 is 24.1 Å². The summed E-state index contributed by atoms with van der Waals surface area (Å²) < 4.78 is 43.0. The van der Waals surface area contributed by atoms with Crippen molar-refractivity contribution in [3.8, 4) is 10.6 Å². The van der Waals surface area contributed by atoms with E-state index in [2.05, 4.69) is 4.98 Å². The van der Waals surface area contributed by atoms with Crippen molar-refractivity contribution >= 4 is 17.4 Å². The molecule has 0 aliphatic rings. The molecule has 0 fully saturated rings. The Morgan fingerprint density at radius 3 is 2.21 bits per heavy atom. The number of amides is 1. The number of aromatic nitrogens is 1. The lowest BCUT2D eigenvalue weighted by Gasteiger charge is -2.30. The van der Waals surface area contributed by atoms with Crippen molar-refractivity contribution in [2.24, 2.45) is 11.1 Å². The summed E-state index contributed by atoms with van der Waals surface area (Å²) >= 11 is 0.923. The highest BCUT2D eigenvalue weighted by Gasteiger charge is 2.34. The second-order valence-corrected chi connectivity index (χ2v) is 7.20. The molecule has 2 rings (SSSR count). The van der Waals surface area contributed by atoms with E-state index in [4.69, 9.17) is 10.5 Å². The van der Waals surface area contributed by atoms with Crippen LogP contribution in [-0.2, 0) is 10.9 Å². The maximum absolute atomic E-state index is 12.6. The van der Waals surface area contributed by atoms with E-state index in [0.29, 0.717) is 11.1 Å². The van der Waals surface area contributed by atoms with Gasteiger partial charge in [-0.25, -0.2) is 9.78 Å². The summed E-state index contributed by atoms with van der Waals surface area (Å²) in [5.74, 6) is 0. The van der Waals surface area contributed by atoms with Crippen molar-refractivity contribution in [2.45, 2.75) is 33.1 Å². The Balaban J connectivity index is 2.29. The number of hydrogen-bond donors (Lipinski definition) is 1. The fourth-order valence-electron chi connectivity index (χ4n) is 2.20. The first-order valence-electron chi connectivity index (χ1n) is 7.07. The van der Waals surface area contributed by atoms with Crippen LogP contribution in [0.2, 0.25) is 0 Å². The molecule has 1 unspecified atom stereocenters. The Bertz CT molecular complexity index is 718. The summed E-state index contributed by atoms with van der Waals surface area (Å²) in [6.45, 7) is 5.68. The quantitative estimate of drug-likeness (QED) is 0.838. The van der Waals surface area contributed by atoms with Gasteiger partial charge in [0.05, 0.1) is 0 Å². The van der Waals surface area contributed by atoms with Gasteiger partial charge in [-0.15, -0.1) is 11.3 Å². The second-order valence-electron chi connectivity index (χ2n) is 6.34. The number of rotatable bonds is 3. The molecule has 8 heteroatoms. The van der Waals surface area contributed by atoms with E-state index in [-0.39, 0.29) is 10.4 Å². The summed E-state index contributed by atoms with van der Waals surface area (Å²) in [6, 6.07) is 6.69. The Morgan fingerprint density at radius 1 is 1.21 bits per heavy atom. The van der Waals surface area contributed by atoms with Gasteiger partial charge in [0.2, 0.25) is 0 Å². The Kier molecular flexibility index (Phi) is 4.89. The molecule has 0 aliphatic heterocycles. The van der Waals surface area contributed by atoms with E-state index in [1.165, 1.54) is 0 Å². The van der Waals surface area contributed by atoms with Gasteiger partial charge in [-0.1, -0.05) is 45.0 Å². The van der Waals surface area contributed by atoms with Crippen LogP contribution in [0.15, 0.2) is 29.6 Å². The smallest absolute Gasteiger partial charge is 0.434 e. The van der Waals surface area contributed by atoms with Crippen molar-refractivity contribution in [2.75, 3.05) is 0 Å². The number of hydrogen-bond acceptors (Lipinski definition) is 4. The molecule has 0 saturated heterocycles. The maximum Gasteiger partial charge on any atom is 0.434 e.